The third-order valence-electron chi connectivity index (χ3n) is 1.98. The molecule has 0 saturated carbocycles. The van der Waals surface area contributed by atoms with Crippen LogP contribution >= 0.6 is 11.3 Å². The monoisotopic (exact) mass is 227 g/mol. The van der Waals surface area contributed by atoms with Gasteiger partial charge in [0.1, 0.15) is 0 Å². The first-order chi connectivity index (χ1) is 7.24. The fraction of sp³-hybridized carbons (Fsp3) is 0.600. The molecule has 0 aliphatic heterocycles. The Balaban J connectivity index is 2.22. The van der Waals surface area contributed by atoms with E-state index in [1.807, 2.05) is 12.3 Å². The first kappa shape index (κ1) is 12.0. The molecule has 0 spiro atoms. The third kappa shape index (κ3) is 4.29. The van der Waals surface area contributed by atoms with Crippen LogP contribution in [0.1, 0.15) is 31.2 Å². The van der Waals surface area contributed by atoms with Gasteiger partial charge in [0, 0.05) is 30.6 Å². The molecular weight excluding hydrogens is 210 g/mol. The average molecular weight is 227 g/mol. The Morgan fingerprint density at radius 2 is 2.40 bits per heavy atom. The molecule has 1 aromatic heterocycles. The van der Waals surface area contributed by atoms with Crippen LogP contribution in [0.2, 0.25) is 0 Å². The molecule has 2 amide bonds. The van der Waals surface area contributed by atoms with Gasteiger partial charge in [0.2, 0.25) is 0 Å². The Morgan fingerprint density at radius 3 is 3.00 bits per heavy atom. The second-order valence-electron chi connectivity index (χ2n) is 3.41. The maximum Gasteiger partial charge on any atom is 0.314 e. The fourth-order valence-corrected chi connectivity index (χ4v) is 1.81. The molecule has 1 rings (SSSR count). The van der Waals surface area contributed by atoms with Gasteiger partial charge in [0.15, 0.2) is 0 Å². The minimum absolute atomic E-state index is 0.0970. The molecule has 0 radical (unpaired) electrons. The lowest BCUT2D eigenvalue weighted by molar-refractivity contribution is 0.240. The van der Waals surface area contributed by atoms with Gasteiger partial charge < -0.3 is 10.6 Å². The Labute approximate surface area is 94.1 Å². The molecule has 0 bridgehead atoms. The molecule has 4 nitrogen and oxygen atoms in total. The van der Waals surface area contributed by atoms with Crippen LogP contribution in [-0.4, -0.2) is 24.1 Å². The lowest BCUT2D eigenvalue weighted by Gasteiger charge is -2.10. The summed E-state index contributed by atoms with van der Waals surface area (Å²) in [6.45, 7) is 5.43. The molecule has 1 heterocycles. The lowest BCUT2D eigenvalue weighted by Crippen LogP contribution is -2.37. The van der Waals surface area contributed by atoms with Crippen LogP contribution in [0, 0.1) is 0 Å². The molecule has 84 valence electrons. The van der Waals surface area contributed by atoms with Crippen molar-refractivity contribution in [3.8, 4) is 0 Å². The van der Waals surface area contributed by atoms with Crippen LogP contribution in [-0.2, 0) is 0 Å². The van der Waals surface area contributed by atoms with Crippen molar-refractivity contribution in [3.63, 3.8) is 0 Å². The van der Waals surface area contributed by atoms with Crippen LogP contribution in [0.5, 0.6) is 0 Å². The van der Waals surface area contributed by atoms with Crippen molar-refractivity contribution in [2.45, 2.75) is 26.2 Å². The van der Waals surface area contributed by atoms with Crippen molar-refractivity contribution in [2.24, 2.45) is 0 Å². The van der Waals surface area contributed by atoms with E-state index < -0.39 is 0 Å². The predicted molar refractivity (Wildman–Crippen MR) is 62.2 cm³/mol. The van der Waals surface area contributed by atoms with E-state index in [1.54, 1.807) is 17.5 Å². The highest BCUT2D eigenvalue weighted by atomic mass is 32.1. The zero-order chi connectivity index (χ0) is 11.1. The Kier molecular flexibility index (Phi) is 5.10. The quantitative estimate of drug-likeness (QED) is 0.808. The number of rotatable bonds is 5. The number of carbonyl (C=O) groups is 1. The number of amides is 2. The zero-order valence-electron chi connectivity index (χ0n) is 9.12. The van der Waals surface area contributed by atoms with Crippen molar-refractivity contribution in [1.29, 1.82) is 0 Å². The SMILES string of the molecule is CCCNC(=O)NCC(C)c1nccs1. The molecule has 2 N–H and O–H groups in total. The number of nitrogens with one attached hydrogen (secondary N) is 2. The van der Waals surface area contributed by atoms with Gasteiger partial charge in [0.05, 0.1) is 5.01 Å². The van der Waals surface area contributed by atoms with E-state index in [4.69, 9.17) is 0 Å². The van der Waals surface area contributed by atoms with Gasteiger partial charge in [-0.1, -0.05) is 13.8 Å². The van der Waals surface area contributed by atoms with E-state index in [9.17, 15) is 4.79 Å². The van der Waals surface area contributed by atoms with Crippen molar-refractivity contribution < 1.29 is 4.79 Å². The summed E-state index contributed by atoms with van der Waals surface area (Å²) in [5.41, 5.74) is 0. The highest BCUT2D eigenvalue weighted by Crippen LogP contribution is 2.15. The van der Waals surface area contributed by atoms with Gasteiger partial charge in [0.25, 0.3) is 0 Å². The van der Waals surface area contributed by atoms with E-state index in [0.717, 1.165) is 18.0 Å². The second kappa shape index (κ2) is 6.40. The first-order valence-corrected chi connectivity index (χ1v) is 6.03. The Morgan fingerprint density at radius 1 is 1.60 bits per heavy atom. The third-order valence-corrected chi connectivity index (χ3v) is 2.98. The van der Waals surface area contributed by atoms with E-state index in [1.165, 1.54) is 0 Å². The fourth-order valence-electron chi connectivity index (χ4n) is 1.11. The summed E-state index contributed by atoms with van der Waals surface area (Å²) in [5, 5.41) is 8.60. The van der Waals surface area contributed by atoms with Crippen molar-refractivity contribution >= 4 is 17.4 Å². The van der Waals surface area contributed by atoms with E-state index in [0.29, 0.717) is 6.54 Å². The summed E-state index contributed by atoms with van der Waals surface area (Å²) >= 11 is 1.62. The van der Waals surface area contributed by atoms with Crippen LogP contribution < -0.4 is 10.6 Å². The van der Waals surface area contributed by atoms with Crippen LogP contribution in [0.4, 0.5) is 4.79 Å². The van der Waals surface area contributed by atoms with Gasteiger partial charge in [-0.05, 0) is 6.42 Å². The lowest BCUT2D eigenvalue weighted by atomic mass is 10.2. The van der Waals surface area contributed by atoms with Crippen molar-refractivity contribution in [2.75, 3.05) is 13.1 Å². The Bertz CT molecular complexity index is 287. The van der Waals surface area contributed by atoms with E-state index in [2.05, 4.69) is 22.5 Å². The maximum atomic E-state index is 11.2. The molecule has 15 heavy (non-hydrogen) atoms. The van der Waals surface area contributed by atoms with Crippen LogP contribution in [0.3, 0.4) is 0 Å². The smallest absolute Gasteiger partial charge is 0.314 e. The summed E-state index contributed by atoms with van der Waals surface area (Å²) < 4.78 is 0. The summed E-state index contributed by atoms with van der Waals surface area (Å²) in [7, 11) is 0. The minimum Gasteiger partial charge on any atom is -0.338 e. The predicted octanol–water partition coefficient (Wildman–Crippen LogP) is 1.96. The number of hydrogen-bond donors (Lipinski definition) is 2. The van der Waals surface area contributed by atoms with E-state index in [-0.39, 0.29) is 11.9 Å². The zero-order valence-corrected chi connectivity index (χ0v) is 9.93. The van der Waals surface area contributed by atoms with Gasteiger partial charge in [-0.2, -0.15) is 0 Å². The Hall–Kier alpha value is -1.10. The normalized spacial score (nSPS) is 12.1. The molecule has 0 aliphatic carbocycles. The van der Waals surface area contributed by atoms with Crippen LogP contribution in [0.15, 0.2) is 11.6 Å². The number of thiazole rings is 1. The second-order valence-corrected chi connectivity index (χ2v) is 4.33. The molecule has 5 heteroatoms. The molecule has 0 aliphatic rings. The van der Waals surface area contributed by atoms with Gasteiger partial charge in [-0.15, -0.1) is 11.3 Å². The van der Waals surface area contributed by atoms with Gasteiger partial charge >= 0.3 is 6.03 Å². The van der Waals surface area contributed by atoms with E-state index >= 15 is 0 Å². The molecule has 0 aromatic carbocycles. The number of carbonyl (C=O) groups excluding carboxylic acids is 1. The van der Waals surface area contributed by atoms with Crippen molar-refractivity contribution in [1.82, 2.24) is 15.6 Å². The first-order valence-electron chi connectivity index (χ1n) is 5.15. The topological polar surface area (TPSA) is 54.0 Å². The molecular formula is C10H17N3OS. The maximum absolute atomic E-state index is 11.2. The van der Waals surface area contributed by atoms with Gasteiger partial charge in [-0.25, -0.2) is 9.78 Å². The molecule has 0 fully saturated rings. The molecule has 0 saturated heterocycles. The average Bonchev–Trinajstić information content (AvgIpc) is 2.76. The summed E-state index contributed by atoms with van der Waals surface area (Å²) in [4.78, 5) is 15.4. The number of nitrogens with zero attached hydrogens (tertiary/aromatic N) is 1. The largest absolute Gasteiger partial charge is 0.338 e. The number of aromatic nitrogens is 1. The molecule has 1 aromatic rings. The summed E-state index contributed by atoms with van der Waals surface area (Å²) in [6, 6.07) is -0.0970. The summed E-state index contributed by atoms with van der Waals surface area (Å²) in [5.74, 6) is 0.275. The van der Waals surface area contributed by atoms with Crippen LogP contribution in [0.25, 0.3) is 0 Å². The van der Waals surface area contributed by atoms with Crippen molar-refractivity contribution in [3.05, 3.63) is 16.6 Å². The number of hydrogen-bond acceptors (Lipinski definition) is 3. The highest BCUT2D eigenvalue weighted by molar-refractivity contribution is 7.09. The minimum atomic E-state index is -0.0970. The summed E-state index contributed by atoms with van der Waals surface area (Å²) in [6.07, 6.45) is 2.74. The standard InChI is InChI=1S/C10H17N3OS/c1-3-4-12-10(14)13-7-8(2)9-11-5-6-15-9/h5-6,8H,3-4,7H2,1-2H3,(H2,12,13,14). The van der Waals surface area contributed by atoms with Gasteiger partial charge in [-0.3, -0.25) is 0 Å². The molecule has 1 unspecified atom stereocenters. The number of urea groups is 1. The molecule has 1 atom stereocenters. The highest BCUT2D eigenvalue weighted by Gasteiger charge is 2.09.